The molecule has 0 radical (unpaired) electrons. The molecule has 144 valence electrons. The molecule has 0 bridgehead atoms. The maximum Gasteiger partial charge on any atom is 0.153 e. The molecular weight excluding hydrogens is 354 g/mol. The first-order chi connectivity index (χ1) is 13.6. The summed E-state index contributed by atoms with van der Waals surface area (Å²) in [6.45, 7) is 6.78. The molecule has 0 unspecified atom stereocenters. The van der Waals surface area contributed by atoms with Crippen LogP contribution < -0.4 is 15.4 Å². The van der Waals surface area contributed by atoms with Gasteiger partial charge in [0.2, 0.25) is 0 Å². The number of nitrogens with zero attached hydrogens (tertiary/aromatic N) is 4. The molecule has 3 heterocycles. The molecule has 0 fully saturated rings. The van der Waals surface area contributed by atoms with E-state index in [0.717, 1.165) is 29.1 Å². The molecule has 3 N–H and O–H groups in total. The number of hydrogen-bond acceptors (Lipinski definition) is 7. The summed E-state index contributed by atoms with van der Waals surface area (Å²) in [4.78, 5) is 8.76. The Labute approximate surface area is 164 Å². The van der Waals surface area contributed by atoms with Gasteiger partial charge in [-0.3, -0.25) is 10.1 Å². The van der Waals surface area contributed by atoms with Crippen molar-refractivity contribution in [2.75, 3.05) is 23.8 Å². The number of H-pyrrole nitrogens is 1. The summed E-state index contributed by atoms with van der Waals surface area (Å²) in [6.07, 6.45) is 2.60. The van der Waals surface area contributed by atoms with E-state index >= 15 is 0 Å². The number of hydrogen-bond donors (Lipinski definition) is 3. The summed E-state index contributed by atoms with van der Waals surface area (Å²) in [7, 11) is 0. The predicted octanol–water partition coefficient (Wildman–Crippen LogP) is 3.49. The first-order valence-electron chi connectivity index (χ1n) is 9.12. The normalized spacial score (nSPS) is 10.4. The average Bonchev–Trinajstić information content (AvgIpc) is 3.16. The fraction of sp³-hybridized carbons (Fsp3) is 0.300. The van der Waals surface area contributed by atoms with Gasteiger partial charge in [-0.15, -0.1) is 0 Å². The van der Waals surface area contributed by atoms with Crippen molar-refractivity contribution >= 4 is 17.5 Å². The molecule has 0 aliphatic rings. The van der Waals surface area contributed by atoms with Crippen molar-refractivity contribution < 1.29 is 4.74 Å². The molecule has 0 spiro atoms. The van der Waals surface area contributed by atoms with Crippen molar-refractivity contribution in [3.05, 3.63) is 53.0 Å². The summed E-state index contributed by atoms with van der Waals surface area (Å²) < 4.78 is 5.73. The van der Waals surface area contributed by atoms with Gasteiger partial charge in [-0.05, 0) is 44.0 Å². The monoisotopic (exact) mass is 377 g/mol. The van der Waals surface area contributed by atoms with Gasteiger partial charge in [0.25, 0.3) is 0 Å². The van der Waals surface area contributed by atoms with Gasteiger partial charge in [-0.25, -0.2) is 4.98 Å². The smallest absolute Gasteiger partial charge is 0.153 e. The van der Waals surface area contributed by atoms with E-state index in [9.17, 15) is 5.26 Å². The van der Waals surface area contributed by atoms with Crippen molar-refractivity contribution in [3.8, 4) is 11.8 Å². The zero-order valence-corrected chi connectivity index (χ0v) is 16.2. The minimum atomic E-state index is 0.426. The molecule has 0 aliphatic carbocycles. The Morgan fingerprint density at radius 2 is 2.11 bits per heavy atom. The Hall–Kier alpha value is -3.60. The lowest BCUT2D eigenvalue weighted by atomic mass is 10.2. The molecular formula is C20H23N7O. The Bertz CT molecular complexity index is 990. The van der Waals surface area contributed by atoms with Crippen LogP contribution in [-0.4, -0.2) is 33.3 Å². The highest BCUT2D eigenvalue weighted by atomic mass is 16.5. The number of nitriles is 1. The van der Waals surface area contributed by atoms with Crippen molar-refractivity contribution in [1.82, 2.24) is 20.2 Å². The quantitative estimate of drug-likeness (QED) is 0.515. The number of nitrogens with one attached hydrogen (secondary N) is 3. The Kier molecular flexibility index (Phi) is 6.07. The Morgan fingerprint density at radius 1 is 1.25 bits per heavy atom. The van der Waals surface area contributed by atoms with Gasteiger partial charge in [-0.1, -0.05) is 6.92 Å². The minimum Gasteiger partial charge on any atom is -0.490 e. The third-order valence-electron chi connectivity index (χ3n) is 4.20. The van der Waals surface area contributed by atoms with Gasteiger partial charge in [0.1, 0.15) is 30.1 Å². The molecule has 0 amide bonds. The van der Waals surface area contributed by atoms with E-state index in [1.807, 2.05) is 32.0 Å². The van der Waals surface area contributed by atoms with Crippen LogP contribution in [0, 0.1) is 25.2 Å². The number of aryl methyl sites for hydroxylation is 3. The van der Waals surface area contributed by atoms with Crippen LogP contribution in [0.1, 0.15) is 29.4 Å². The van der Waals surface area contributed by atoms with E-state index in [-0.39, 0.29) is 0 Å². The number of aromatic nitrogens is 4. The standard InChI is InChI=1S/C20H23N7O/c1-4-16-11-18(27-26-16)24-19-13(2)10-15(12-21)20(25-19)23-8-9-28-17-6-5-7-22-14(17)3/h5-7,10-11H,4,8-9H2,1-3H3,(H3,23,24,25,26,27). The molecule has 0 aliphatic heterocycles. The summed E-state index contributed by atoms with van der Waals surface area (Å²) in [5.74, 6) is 2.60. The van der Waals surface area contributed by atoms with E-state index in [2.05, 4.69) is 43.8 Å². The highest BCUT2D eigenvalue weighted by Crippen LogP contribution is 2.23. The number of anilines is 3. The van der Waals surface area contributed by atoms with Gasteiger partial charge in [0.15, 0.2) is 5.82 Å². The lowest BCUT2D eigenvalue weighted by Gasteiger charge is -2.13. The summed E-state index contributed by atoms with van der Waals surface area (Å²) in [6, 6.07) is 9.64. The zero-order valence-electron chi connectivity index (χ0n) is 16.2. The minimum absolute atomic E-state index is 0.426. The van der Waals surface area contributed by atoms with Crippen molar-refractivity contribution in [2.45, 2.75) is 27.2 Å². The lowest BCUT2D eigenvalue weighted by Crippen LogP contribution is -2.14. The van der Waals surface area contributed by atoms with Crippen LogP contribution in [-0.2, 0) is 6.42 Å². The molecule has 0 atom stereocenters. The van der Waals surface area contributed by atoms with Gasteiger partial charge >= 0.3 is 0 Å². The van der Waals surface area contributed by atoms with Crippen LogP contribution in [0.4, 0.5) is 17.5 Å². The second kappa shape index (κ2) is 8.86. The first-order valence-corrected chi connectivity index (χ1v) is 9.12. The molecule has 8 heteroatoms. The van der Waals surface area contributed by atoms with Crippen LogP contribution in [0.2, 0.25) is 0 Å². The predicted molar refractivity (Wildman–Crippen MR) is 108 cm³/mol. The summed E-state index contributed by atoms with van der Waals surface area (Å²) >= 11 is 0. The van der Waals surface area contributed by atoms with Crippen LogP contribution in [0.15, 0.2) is 30.5 Å². The molecule has 28 heavy (non-hydrogen) atoms. The molecule has 0 aromatic carbocycles. The van der Waals surface area contributed by atoms with Crippen molar-refractivity contribution in [1.29, 1.82) is 5.26 Å². The fourth-order valence-corrected chi connectivity index (χ4v) is 2.64. The number of pyridine rings is 2. The zero-order chi connectivity index (χ0) is 19.9. The van der Waals surface area contributed by atoms with Crippen LogP contribution >= 0.6 is 0 Å². The largest absolute Gasteiger partial charge is 0.490 e. The van der Waals surface area contributed by atoms with E-state index < -0.39 is 0 Å². The van der Waals surface area contributed by atoms with Gasteiger partial charge in [0, 0.05) is 18.0 Å². The number of ether oxygens (including phenoxy) is 1. The molecule has 3 aromatic rings. The third-order valence-corrected chi connectivity index (χ3v) is 4.20. The summed E-state index contributed by atoms with van der Waals surface area (Å²) in [5, 5.41) is 23.0. The Balaban J connectivity index is 1.67. The van der Waals surface area contributed by atoms with Crippen LogP contribution in [0.3, 0.4) is 0 Å². The van der Waals surface area contributed by atoms with E-state index in [0.29, 0.717) is 36.2 Å². The lowest BCUT2D eigenvalue weighted by molar-refractivity contribution is 0.329. The molecule has 0 saturated heterocycles. The molecule has 3 rings (SSSR count). The van der Waals surface area contributed by atoms with Gasteiger partial charge in [-0.2, -0.15) is 10.4 Å². The number of rotatable bonds is 8. The van der Waals surface area contributed by atoms with E-state index in [1.54, 1.807) is 12.3 Å². The van der Waals surface area contributed by atoms with Gasteiger partial charge < -0.3 is 15.4 Å². The third kappa shape index (κ3) is 4.57. The second-order valence-corrected chi connectivity index (χ2v) is 6.28. The van der Waals surface area contributed by atoms with Crippen LogP contribution in [0.5, 0.6) is 5.75 Å². The second-order valence-electron chi connectivity index (χ2n) is 6.28. The number of aromatic amines is 1. The van der Waals surface area contributed by atoms with E-state index in [4.69, 9.17) is 4.74 Å². The SMILES string of the molecule is CCc1cc(Nc2nc(NCCOc3cccnc3C)c(C#N)cc2C)n[nH]1. The first kappa shape index (κ1) is 19.2. The van der Waals surface area contributed by atoms with Crippen molar-refractivity contribution in [3.63, 3.8) is 0 Å². The molecule has 0 saturated carbocycles. The topological polar surface area (TPSA) is 112 Å². The molecule has 8 nitrogen and oxygen atoms in total. The maximum atomic E-state index is 9.42. The van der Waals surface area contributed by atoms with Gasteiger partial charge in [0.05, 0.1) is 17.8 Å². The molecule has 3 aromatic heterocycles. The average molecular weight is 377 g/mol. The van der Waals surface area contributed by atoms with Crippen molar-refractivity contribution in [2.24, 2.45) is 0 Å². The maximum absolute atomic E-state index is 9.42. The van der Waals surface area contributed by atoms with Crippen LogP contribution in [0.25, 0.3) is 0 Å². The fourth-order valence-electron chi connectivity index (χ4n) is 2.64. The highest BCUT2D eigenvalue weighted by molar-refractivity contribution is 5.64. The highest BCUT2D eigenvalue weighted by Gasteiger charge is 2.11. The van der Waals surface area contributed by atoms with E-state index in [1.165, 1.54) is 0 Å². The summed E-state index contributed by atoms with van der Waals surface area (Å²) in [5.41, 5.74) is 3.22. The Morgan fingerprint density at radius 3 is 2.82 bits per heavy atom.